The molecule has 1 rings (SSSR count). The fourth-order valence-corrected chi connectivity index (χ4v) is 0.849. The Kier molecular flexibility index (Phi) is 1.47. The highest BCUT2D eigenvalue weighted by atomic mass is 16.1. The number of rotatable bonds is 2. The maximum Gasteiger partial charge on any atom is 0.130 e. The second-order valence-corrected chi connectivity index (χ2v) is 2.33. The van der Waals surface area contributed by atoms with Crippen molar-refractivity contribution in [1.29, 1.82) is 0 Å². The number of hydrogen-bond donors (Lipinski definition) is 0. The lowest BCUT2D eigenvalue weighted by atomic mass is 9.91. The Morgan fingerprint density at radius 1 is 1.88 bits per heavy atom. The average molecular weight is 110 g/mol. The van der Waals surface area contributed by atoms with Gasteiger partial charge in [-0.2, -0.15) is 0 Å². The zero-order valence-corrected chi connectivity index (χ0v) is 5.05. The maximum atomic E-state index is 10.4. The van der Waals surface area contributed by atoms with Gasteiger partial charge in [0.05, 0.1) is 0 Å². The third-order valence-electron chi connectivity index (χ3n) is 1.40. The summed E-state index contributed by atoms with van der Waals surface area (Å²) < 4.78 is 0. The molecule has 0 amide bonds. The largest absolute Gasteiger partial charge is 0.300 e. The van der Waals surface area contributed by atoms with Crippen molar-refractivity contribution in [3.05, 3.63) is 12.2 Å². The van der Waals surface area contributed by atoms with Gasteiger partial charge in [-0.25, -0.2) is 0 Å². The Morgan fingerprint density at radius 2 is 2.50 bits per heavy atom. The van der Waals surface area contributed by atoms with Gasteiger partial charge in [-0.05, 0) is 19.3 Å². The molecule has 1 unspecified atom stereocenters. The fourth-order valence-electron chi connectivity index (χ4n) is 0.849. The minimum atomic E-state index is 0.305. The quantitative estimate of drug-likeness (QED) is 0.493. The molecule has 0 heterocycles. The van der Waals surface area contributed by atoms with Crippen LogP contribution in [0, 0.1) is 5.92 Å². The van der Waals surface area contributed by atoms with Crippen molar-refractivity contribution >= 4 is 5.78 Å². The first kappa shape index (κ1) is 5.54. The van der Waals surface area contributed by atoms with Gasteiger partial charge in [-0.1, -0.05) is 12.2 Å². The molecule has 0 aromatic heterocycles. The van der Waals surface area contributed by atoms with E-state index in [1.54, 1.807) is 6.92 Å². The number of hydrogen-bond acceptors (Lipinski definition) is 1. The normalized spacial score (nSPS) is 24.9. The zero-order chi connectivity index (χ0) is 5.98. The first-order valence-corrected chi connectivity index (χ1v) is 2.95. The second kappa shape index (κ2) is 2.12. The molecule has 1 nitrogen and oxygen atoms in total. The molecule has 0 N–H and O–H groups in total. The van der Waals surface area contributed by atoms with Gasteiger partial charge in [0, 0.05) is 6.42 Å². The van der Waals surface area contributed by atoms with Crippen LogP contribution in [0.25, 0.3) is 0 Å². The van der Waals surface area contributed by atoms with Crippen molar-refractivity contribution in [3.8, 4) is 0 Å². The highest BCUT2D eigenvalue weighted by molar-refractivity contribution is 5.76. The highest BCUT2D eigenvalue weighted by Crippen LogP contribution is 2.19. The third-order valence-corrected chi connectivity index (χ3v) is 1.40. The first-order chi connectivity index (χ1) is 3.79. The maximum absolute atomic E-state index is 10.4. The molecule has 0 aliphatic heterocycles. The van der Waals surface area contributed by atoms with E-state index in [-0.39, 0.29) is 0 Å². The molecule has 44 valence electrons. The molecule has 1 aliphatic carbocycles. The lowest BCUT2D eigenvalue weighted by molar-refractivity contribution is -0.117. The van der Waals surface area contributed by atoms with Crippen LogP contribution in [-0.4, -0.2) is 5.78 Å². The SMILES string of the molecule is CC(=O)CC1C=CC1. The van der Waals surface area contributed by atoms with Crippen molar-refractivity contribution in [2.75, 3.05) is 0 Å². The molecule has 0 spiro atoms. The van der Waals surface area contributed by atoms with Crippen molar-refractivity contribution in [3.63, 3.8) is 0 Å². The van der Waals surface area contributed by atoms with Gasteiger partial charge in [0.25, 0.3) is 0 Å². The van der Waals surface area contributed by atoms with Crippen LogP contribution in [0.5, 0.6) is 0 Å². The van der Waals surface area contributed by atoms with E-state index in [0.717, 1.165) is 12.8 Å². The molecule has 1 atom stereocenters. The molecule has 1 heteroatoms. The van der Waals surface area contributed by atoms with Crippen molar-refractivity contribution in [2.45, 2.75) is 19.8 Å². The van der Waals surface area contributed by atoms with E-state index in [1.165, 1.54) is 0 Å². The predicted octanol–water partition coefficient (Wildman–Crippen LogP) is 1.54. The summed E-state index contributed by atoms with van der Waals surface area (Å²) in [6.07, 6.45) is 6.06. The topological polar surface area (TPSA) is 17.1 Å². The minimum absolute atomic E-state index is 0.305. The van der Waals surface area contributed by atoms with Crippen LogP contribution in [0.3, 0.4) is 0 Å². The van der Waals surface area contributed by atoms with Gasteiger partial charge in [-0.15, -0.1) is 0 Å². The summed E-state index contributed by atoms with van der Waals surface area (Å²) in [7, 11) is 0. The minimum Gasteiger partial charge on any atom is -0.300 e. The van der Waals surface area contributed by atoms with Crippen LogP contribution in [0.1, 0.15) is 19.8 Å². The lowest BCUT2D eigenvalue weighted by Gasteiger charge is -2.14. The van der Waals surface area contributed by atoms with Gasteiger partial charge in [0.1, 0.15) is 5.78 Å². The molecule has 0 saturated carbocycles. The summed E-state index contributed by atoms with van der Waals surface area (Å²) in [5.74, 6) is 0.881. The fraction of sp³-hybridized carbons (Fsp3) is 0.571. The Balaban J connectivity index is 2.20. The standard InChI is InChI=1S/C7H10O/c1-6(8)5-7-3-2-4-7/h2-3,7H,4-5H2,1H3. The summed E-state index contributed by atoms with van der Waals surface area (Å²) in [6, 6.07) is 0. The molecule has 0 radical (unpaired) electrons. The van der Waals surface area contributed by atoms with E-state index in [1.807, 2.05) is 0 Å². The predicted molar refractivity (Wildman–Crippen MR) is 32.5 cm³/mol. The summed E-state index contributed by atoms with van der Waals surface area (Å²) in [4.78, 5) is 10.4. The van der Waals surface area contributed by atoms with Crippen LogP contribution in [0.4, 0.5) is 0 Å². The molecule has 0 aromatic rings. The van der Waals surface area contributed by atoms with Gasteiger partial charge in [0.15, 0.2) is 0 Å². The van der Waals surface area contributed by atoms with E-state index in [4.69, 9.17) is 0 Å². The Hall–Kier alpha value is -0.590. The van der Waals surface area contributed by atoms with Crippen molar-refractivity contribution < 1.29 is 4.79 Å². The Bertz CT molecular complexity index is 124. The van der Waals surface area contributed by atoms with E-state index < -0.39 is 0 Å². The van der Waals surface area contributed by atoms with Crippen molar-refractivity contribution in [1.82, 2.24) is 0 Å². The molecule has 0 bridgehead atoms. The number of ketones is 1. The van der Waals surface area contributed by atoms with Gasteiger partial charge >= 0.3 is 0 Å². The summed E-state index contributed by atoms with van der Waals surface area (Å²) in [6.45, 7) is 1.64. The molecule has 0 fully saturated rings. The number of allylic oxidation sites excluding steroid dienone is 2. The van der Waals surface area contributed by atoms with Gasteiger partial charge < -0.3 is 4.79 Å². The Labute approximate surface area is 49.4 Å². The summed E-state index contributed by atoms with van der Waals surface area (Å²) in [5.41, 5.74) is 0. The van der Waals surface area contributed by atoms with Crippen LogP contribution in [0.15, 0.2) is 12.2 Å². The van der Waals surface area contributed by atoms with E-state index in [2.05, 4.69) is 12.2 Å². The van der Waals surface area contributed by atoms with Gasteiger partial charge in [-0.3, -0.25) is 0 Å². The first-order valence-electron chi connectivity index (χ1n) is 2.95. The number of Topliss-reactive ketones (excluding diaryl/α,β-unsaturated/α-hetero) is 1. The molecule has 8 heavy (non-hydrogen) atoms. The summed E-state index contributed by atoms with van der Waals surface area (Å²) >= 11 is 0. The van der Waals surface area contributed by atoms with Crippen LogP contribution in [0.2, 0.25) is 0 Å². The third kappa shape index (κ3) is 1.19. The number of carbonyl (C=O) groups is 1. The average Bonchev–Trinajstić information content (AvgIpc) is 1.55. The smallest absolute Gasteiger partial charge is 0.130 e. The second-order valence-electron chi connectivity index (χ2n) is 2.33. The van der Waals surface area contributed by atoms with E-state index in [9.17, 15) is 4.79 Å². The molecule has 0 saturated heterocycles. The van der Waals surface area contributed by atoms with Crippen LogP contribution in [-0.2, 0) is 4.79 Å². The monoisotopic (exact) mass is 110 g/mol. The molecule has 0 aromatic carbocycles. The van der Waals surface area contributed by atoms with Gasteiger partial charge in [0.2, 0.25) is 0 Å². The van der Waals surface area contributed by atoms with Crippen molar-refractivity contribution in [2.24, 2.45) is 5.92 Å². The lowest BCUT2D eigenvalue weighted by Crippen LogP contribution is -2.07. The van der Waals surface area contributed by atoms with E-state index >= 15 is 0 Å². The Morgan fingerprint density at radius 3 is 2.62 bits per heavy atom. The molecular weight excluding hydrogens is 100 g/mol. The van der Waals surface area contributed by atoms with E-state index in [0.29, 0.717) is 11.7 Å². The highest BCUT2D eigenvalue weighted by Gasteiger charge is 2.10. The molecular formula is C7H10O. The molecule has 1 aliphatic rings. The zero-order valence-electron chi connectivity index (χ0n) is 5.05. The van der Waals surface area contributed by atoms with Crippen LogP contribution < -0.4 is 0 Å². The van der Waals surface area contributed by atoms with Crippen LogP contribution >= 0.6 is 0 Å². The number of carbonyl (C=O) groups excluding carboxylic acids is 1. The summed E-state index contributed by atoms with van der Waals surface area (Å²) in [5, 5.41) is 0.